The number of hydrogen-bond acceptors (Lipinski definition) is 4. The first-order valence-electron chi connectivity index (χ1n) is 10.6. The minimum Gasteiger partial charge on any atom is -0.396 e. The van der Waals surface area contributed by atoms with E-state index in [1.807, 2.05) is 18.2 Å². The van der Waals surface area contributed by atoms with Crippen molar-refractivity contribution in [3.8, 4) is 0 Å². The molecule has 2 bridgehead atoms. The van der Waals surface area contributed by atoms with Gasteiger partial charge in [-0.05, 0) is 36.6 Å². The van der Waals surface area contributed by atoms with Gasteiger partial charge in [0.15, 0.2) is 0 Å². The molecule has 2 aliphatic heterocycles. The standard InChI is InChI=1S/C23H27N3O3/c1-2-25-19-12-26-18(8-5-9-20(26)28)22(25)21(17(19)13-27)23(29)24-16-10-14-6-3-4-7-15(14)11-16/h3-9,16-17,19,21-22,27H,2,10-13H2,1H3,(H,24,29)/t17-,19-,21+,22+/m1/s1. The number of carbonyl (C=O) groups excluding carboxylic acids is 1. The molecule has 0 spiro atoms. The predicted molar refractivity (Wildman–Crippen MR) is 109 cm³/mol. The first-order chi connectivity index (χ1) is 14.1. The first-order valence-corrected chi connectivity index (χ1v) is 10.6. The Kier molecular flexibility index (Phi) is 4.56. The zero-order valence-corrected chi connectivity index (χ0v) is 16.6. The Hall–Kier alpha value is -2.44. The highest BCUT2D eigenvalue weighted by Crippen LogP contribution is 2.48. The Morgan fingerprint density at radius 1 is 1.14 bits per heavy atom. The second-order valence-corrected chi connectivity index (χ2v) is 8.50. The molecule has 29 heavy (non-hydrogen) atoms. The molecule has 1 aromatic heterocycles. The van der Waals surface area contributed by atoms with Gasteiger partial charge in [0.2, 0.25) is 5.91 Å². The van der Waals surface area contributed by atoms with Gasteiger partial charge in [0.05, 0.1) is 12.0 Å². The molecule has 1 amide bonds. The monoisotopic (exact) mass is 393 g/mol. The number of fused-ring (bicyclic) bond motifs is 5. The Balaban J connectivity index is 1.45. The van der Waals surface area contributed by atoms with E-state index in [1.165, 1.54) is 11.1 Å². The lowest BCUT2D eigenvalue weighted by Crippen LogP contribution is -2.46. The van der Waals surface area contributed by atoms with E-state index in [1.54, 1.807) is 16.7 Å². The van der Waals surface area contributed by atoms with Crippen molar-refractivity contribution in [2.24, 2.45) is 11.8 Å². The predicted octanol–water partition coefficient (Wildman–Crippen LogP) is 1.12. The minimum atomic E-state index is -0.357. The van der Waals surface area contributed by atoms with Gasteiger partial charge in [-0.1, -0.05) is 37.3 Å². The molecular weight excluding hydrogens is 366 g/mol. The van der Waals surface area contributed by atoms with E-state index >= 15 is 0 Å². The van der Waals surface area contributed by atoms with Crippen molar-refractivity contribution in [3.63, 3.8) is 0 Å². The van der Waals surface area contributed by atoms with Gasteiger partial charge in [0.1, 0.15) is 0 Å². The molecule has 152 valence electrons. The Bertz CT molecular complexity index is 976. The average Bonchev–Trinajstić information content (AvgIpc) is 3.23. The topological polar surface area (TPSA) is 74.6 Å². The van der Waals surface area contributed by atoms with Crippen LogP contribution in [0.1, 0.15) is 29.8 Å². The Morgan fingerprint density at radius 3 is 2.52 bits per heavy atom. The third-order valence-corrected chi connectivity index (χ3v) is 7.11. The third-order valence-electron chi connectivity index (χ3n) is 7.11. The number of aromatic nitrogens is 1. The summed E-state index contributed by atoms with van der Waals surface area (Å²) in [6.45, 7) is 3.35. The summed E-state index contributed by atoms with van der Waals surface area (Å²) in [7, 11) is 0. The fourth-order valence-electron chi connectivity index (χ4n) is 5.87. The summed E-state index contributed by atoms with van der Waals surface area (Å²) in [6, 6.07) is 13.6. The van der Waals surface area contributed by atoms with Gasteiger partial charge >= 0.3 is 0 Å². The highest BCUT2D eigenvalue weighted by atomic mass is 16.3. The SMILES string of the molecule is CCN1[C@@H]2Cn3c(cccc3=O)[C@H]1[C@@H](C(=O)NC1Cc3ccccc3C1)[C@@H]2CO. The maximum absolute atomic E-state index is 13.5. The Morgan fingerprint density at radius 2 is 1.86 bits per heavy atom. The summed E-state index contributed by atoms with van der Waals surface area (Å²) in [5, 5.41) is 13.5. The highest BCUT2D eigenvalue weighted by Gasteiger charge is 2.55. The van der Waals surface area contributed by atoms with Crippen LogP contribution in [-0.4, -0.2) is 45.7 Å². The maximum Gasteiger partial charge on any atom is 0.250 e. The number of aliphatic hydroxyl groups excluding tert-OH is 1. The third kappa shape index (κ3) is 2.85. The van der Waals surface area contributed by atoms with Gasteiger partial charge in [-0.25, -0.2) is 0 Å². The van der Waals surface area contributed by atoms with Gasteiger partial charge < -0.3 is 15.0 Å². The van der Waals surface area contributed by atoms with Crippen molar-refractivity contribution in [3.05, 3.63) is 69.6 Å². The molecule has 0 saturated carbocycles. The van der Waals surface area contributed by atoms with Crippen molar-refractivity contribution >= 4 is 5.91 Å². The lowest BCUT2D eigenvalue weighted by molar-refractivity contribution is -0.128. The normalized spacial score (nSPS) is 28.2. The largest absolute Gasteiger partial charge is 0.396 e. The number of likely N-dealkylation sites (N-methyl/N-ethyl adjacent to an activating group) is 1. The zero-order valence-electron chi connectivity index (χ0n) is 16.6. The number of aliphatic hydroxyl groups is 1. The lowest BCUT2D eigenvalue weighted by atomic mass is 9.86. The highest BCUT2D eigenvalue weighted by molar-refractivity contribution is 5.81. The fourth-order valence-corrected chi connectivity index (χ4v) is 5.87. The van der Waals surface area contributed by atoms with E-state index < -0.39 is 0 Å². The number of hydrogen-bond donors (Lipinski definition) is 2. The molecule has 6 heteroatoms. The number of pyridine rings is 1. The molecule has 0 radical (unpaired) electrons. The molecule has 6 nitrogen and oxygen atoms in total. The van der Waals surface area contributed by atoms with Crippen molar-refractivity contribution in [1.82, 2.24) is 14.8 Å². The van der Waals surface area contributed by atoms with Gasteiger partial charge in [-0.15, -0.1) is 0 Å². The zero-order chi connectivity index (χ0) is 20.1. The molecule has 2 N–H and O–H groups in total. The number of nitrogens with one attached hydrogen (secondary N) is 1. The summed E-state index contributed by atoms with van der Waals surface area (Å²) in [5.41, 5.74) is 3.46. The summed E-state index contributed by atoms with van der Waals surface area (Å²) >= 11 is 0. The second-order valence-electron chi connectivity index (χ2n) is 8.50. The van der Waals surface area contributed by atoms with E-state index in [2.05, 4.69) is 29.3 Å². The Labute approximate surface area is 170 Å². The van der Waals surface area contributed by atoms with E-state index in [0.29, 0.717) is 6.54 Å². The smallest absolute Gasteiger partial charge is 0.250 e. The van der Waals surface area contributed by atoms with Crippen LogP contribution < -0.4 is 10.9 Å². The average molecular weight is 393 g/mol. The number of nitrogens with zero attached hydrogens (tertiary/aromatic N) is 2. The number of carbonyl (C=O) groups is 1. The molecular formula is C23H27N3O3. The molecule has 5 rings (SSSR count). The van der Waals surface area contributed by atoms with E-state index in [0.717, 1.165) is 25.1 Å². The van der Waals surface area contributed by atoms with Crippen LogP contribution in [0.15, 0.2) is 47.3 Å². The van der Waals surface area contributed by atoms with Crippen molar-refractivity contribution < 1.29 is 9.90 Å². The van der Waals surface area contributed by atoms with Crippen molar-refractivity contribution in [2.45, 2.75) is 44.4 Å². The number of rotatable bonds is 4. The van der Waals surface area contributed by atoms with Crippen LogP contribution in [-0.2, 0) is 24.2 Å². The van der Waals surface area contributed by atoms with E-state index in [-0.39, 0.29) is 48.0 Å². The van der Waals surface area contributed by atoms with E-state index in [9.17, 15) is 14.7 Å². The summed E-state index contributed by atoms with van der Waals surface area (Å²) in [4.78, 5) is 28.2. The van der Waals surface area contributed by atoms with Gasteiger partial charge in [0.25, 0.3) is 5.56 Å². The molecule has 1 aliphatic carbocycles. The molecule has 0 unspecified atom stereocenters. The van der Waals surface area contributed by atoms with Gasteiger partial charge in [-0.2, -0.15) is 0 Å². The van der Waals surface area contributed by atoms with Crippen molar-refractivity contribution in [2.75, 3.05) is 13.2 Å². The molecule has 3 heterocycles. The maximum atomic E-state index is 13.5. The van der Waals surface area contributed by atoms with Crippen LogP contribution in [0.3, 0.4) is 0 Å². The van der Waals surface area contributed by atoms with Crippen LogP contribution in [0.4, 0.5) is 0 Å². The van der Waals surface area contributed by atoms with Crippen molar-refractivity contribution in [1.29, 1.82) is 0 Å². The second kappa shape index (κ2) is 7.11. The minimum absolute atomic E-state index is 0.000810. The molecule has 1 fully saturated rings. The van der Waals surface area contributed by atoms with Crippen LogP contribution >= 0.6 is 0 Å². The lowest BCUT2D eigenvalue weighted by Gasteiger charge is -2.37. The van der Waals surface area contributed by atoms with Crippen LogP contribution in [0, 0.1) is 11.8 Å². The van der Waals surface area contributed by atoms with Crippen LogP contribution in [0.5, 0.6) is 0 Å². The molecule has 2 aromatic rings. The summed E-state index contributed by atoms with van der Waals surface area (Å²) < 4.78 is 1.79. The number of amides is 1. The van der Waals surface area contributed by atoms with Crippen LogP contribution in [0.2, 0.25) is 0 Å². The summed E-state index contributed by atoms with van der Waals surface area (Å²) in [6.07, 6.45) is 1.69. The van der Waals surface area contributed by atoms with Crippen LogP contribution in [0.25, 0.3) is 0 Å². The van der Waals surface area contributed by atoms with E-state index in [4.69, 9.17) is 0 Å². The summed E-state index contributed by atoms with van der Waals surface area (Å²) in [5.74, 6) is -0.537. The number of benzene rings is 1. The quantitative estimate of drug-likeness (QED) is 0.816. The van der Waals surface area contributed by atoms with Gasteiger partial charge in [-0.3, -0.25) is 14.5 Å². The fraction of sp³-hybridized carbons (Fsp3) is 0.478. The molecule has 1 saturated heterocycles. The molecule has 1 aromatic carbocycles. The molecule has 4 atom stereocenters. The van der Waals surface area contributed by atoms with Gasteiger partial charge in [0, 0.05) is 42.9 Å². The molecule has 3 aliphatic rings. The first kappa shape index (κ1) is 18.6.